The van der Waals surface area contributed by atoms with Gasteiger partial charge in [0.25, 0.3) is 11.7 Å². The Morgan fingerprint density at radius 2 is 1.67 bits per heavy atom. The van der Waals surface area contributed by atoms with Crippen LogP contribution < -0.4 is 10.1 Å². The molecule has 9 atom stereocenters. The van der Waals surface area contributed by atoms with Crippen LogP contribution in [-0.2, 0) is 28.6 Å². The predicted octanol–water partition coefficient (Wildman–Crippen LogP) is 5.20. The van der Waals surface area contributed by atoms with Crippen LogP contribution in [0.2, 0.25) is 0 Å². The highest BCUT2D eigenvalue weighted by Crippen LogP contribution is 2.55. The highest BCUT2D eigenvalue weighted by molar-refractivity contribution is 6.23. The number of fused-ring (bicyclic) bond motifs is 14. The average molecular weight is 838 g/mol. The number of likely N-dealkylation sites (tertiary alicyclic amines) is 1. The highest BCUT2D eigenvalue weighted by Gasteiger charge is 2.50. The second kappa shape index (κ2) is 19.0. The summed E-state index contributed by atoms with van der Waals surface area (Å²) in [4.78, 5) is 48.2. The van der Waals surface area contributed by atoms with Gasteiger partial charge < -0.3 is 54.6 Å². The predicted molar refractivity (Wildman–Crippen MR) is 223 cm³/mol. The van der Waals surface area contributed by atoms with Crippen LogP contribution >= 0.6 is 0 Å². The number of rotatable bonds is 7. The van der Waals surface area contributed by atoms with Crippen LogP contribution in [0.4, 0.5) is 5.69 Å². The van der Waals surface area contributed by atoms with Gasteiger partial charge in [-0.05, 0) is 45.9 Å². The van der Waals surface area contributed by atoms with E-state index in [0.717, 1.165) is 32.1 Å². The number of ether oxygens (including phenoxy) is 4. The highest BCUT2D eigenvalue weighted by atomic mass is 16.7. The van der Waals surface area contributed by atoms with Gasteiger partial charge in [-0.15, -0.1) is 0 Å². The molecule has 0 aromatic heterocycles. The van der Waals surface area contributed by atoms with Crippen molar-refractivity contribution in [1.82, 2.24) is 4.90 Å². The Balaban J connectivity index is 1.66. The zero-order chi connectivity index (χ0) is 44.2. The topological polar surface area (TPSA) is 226 Å². The van der Waals surface area contributed by atoms with E-state index in [9.17, 15) is 39.9 Å². The van der Waals surface area contributed by atoms with E-state index in [1.807, 2.05) is 0 Å². The first-order valence-corrected chi connectivity index (χ1v) is 20.3. The van der Waals surface area contributed by atoms with Crippen LogP contribution in [0.25, 0.3) is 10.8 Å². The molecule has 60 heavy (non-hydrogen) atoms. The lowest BCUT2D eigenvalue weighted by atomic mass is 9.78. The zero-order valence-corrected chi connectivity index (χ0v) is 35.7. The summed E-state index contributed by atoms with van der Waals surface area (Å²) in [5, 5.41) is 64.3. The van der Waals surface area contributed by atoms with Crippen molar-refractivity contribution in [3.8, 4) is 23.0 Å². The number of hydrogen-bond acceptors (Lipinski definition) is 15. The van der Waals surface area contributed by atoms with Gasteiger partial charge in [0.05, 0.1) is 53.0 Å². The van der Waals surface area contributed by atoms with Crippen LogP contribution in [0.3, 0.4) is 0 Å². The monoisotopic (exact) mass is 837 g/mol. The number of nitrogens with one attached hydrogen (secondary N) is 1. The average Bonchev–Trinajstić information content (AvgIpc) is 3.83. The maximum absolute atomic E-state index is 14.4. The first kappa shape index (κ1) is 45.9. The maximum Gasteiger partial charge on any atom is 0.312 e. The minimum atomic E-state index is -2.06. The molecular weight excluding hydrogens is 778 g/mol. The van der Waals surface area contributed by atoms with E-state index < -0.39 is 88.8 Å². The number of aromatic hydroxyl groups is 3. The van der Waals surface area contributed by atoms with Crippen molar-refractivity contribution in [1.29, 1.82) is 0 Å². The summed E-state index contributed by atoms with van der Waals surface area (Å²) in [7, 11) is 1.43. The smallest absolute Gasteiger partial charge is 0.312 e. The summed E-state index contributed by atoms with van der Waals surface area (Å²) in [6, 6.07) is 0. The number of anilines is 1. The third-order valence-corrected chi connectivity index (χ3v) is 12.0. The number of esters is 1. The number of phenols is 3. The minimum Gasteiger partial charge on any atom is -0.507 e. The molecule has 16 heteroatoms. The number of aliphatic hydroxyl groups excluding tert-OH is 2. The Kier molecular flexibility index (Phi) is 14.6. The van der Waals surface area contributed by atoms with Crippen molar-refractivity contribution in [2.24, 2.45) is 28.8 Å². The van der Waals surface area contributed by atoms with Gasteiger partial charge in [-0.2, -0.15) is 0 Å². The van der Waals surface area contributed by atoms with Crippen LogP contribution in [0.15, 0.2) is 41.3 Å². The summed E-state index contributed by atoms with van der Waals surface area (Å²) >= 11 is 0. The molecule has 4 aliphatic heterocycles. The van der Waals surface area contributed by atoms with Crippen LogP contribution in [0.5, 0.6) is 23.0 Å². The molecule has 6 rings (SSSR count). The number of amides is 1. The van der Waals surface area contributed by atoms with Crippen molar-refractivity contribution in [2.75, 3.05) is 38.7 Å². The number of allylic oxidation sites excluding steroid dienone is 2. The number of ketones is 1. The molecule has 1 amide bonds. The Hall–Kier alpha value is -5.16. The molecule has 2 aromatic carbocycles. The molecule has 1 saturated heterocycles. The summed E-state index contributed by atoms with van der Waals surface area (Å²) in [5.74, 6) is -8.57. The SMILES string of the molecule is COC1/C=C/OC2(C)Oc3c(C)c(O)c4c(O)c(c(/C=N\OCCN5CCCC5)c(O)c4c3C2=O)NC(=O)/C(C)=C/C=C/C(C)C(O)C(C)C(O)C(C)C(OC(C)=O)C1C. The lowest BCUT2D eigenvalue weighted by Gasteiger charge is -2.38. The van der Waals surface area contributed by atoms with Gasteiger partial charge in [-0.25, -0.2) is 0 Å². The second-order valence-electron chi connectivity index (χ2n) is 16.2. The van der Waals surface area contributed by atoms with E-state index in [1.165, 1.54) is 53.2 Å². The molecule has 0 saturated carbocycles. The molecule has 1 fully saturated rings. The molecule has 0 spiro atoms. The Morgan fingerprint density at radius 1 is 0.983 bits per heavy atom. The van der Waals surface area contributed by atoms with Gasteiger partial charge in [0.2, 0.25) is 0 Å². The van der Waals surface area contributed by atoms with Gasteiger partial charge in [0.15, 0.2) is 5.75 Å². The number of carbonyl (C=O) groups is 3. The third kappa shape index (κ3) is 9.26. The van der Waals surface area contributed by atoms with E-state index >= 15 is 0 Å². The van der Waals surface area contributed by atoms with E-state index in [4.69, 9.17) is 23.8 Å². The van der Waals surface area contributed by atoms with Gasteiger partial charge in [0.1, 0.15) is 30.0 Å². The number of phenolic OH excluding ortho intramolecular Hbond substituents is 3. The molecular formula is C44H59N3O13. The summed E-state index contributed by atoms with van der Waals surface area (Å²) in [5.41, 5.74) is -0.561. The van der Waals surface area contributed by atoms with Crippen LogP contribution in [-0.4, -0.2) is 118 Å². The molecule has 328 valence electrons. The van der Waals surface area contributed by atoms with Crippen molar-refractivity contribution in [3.63, 3.8) is 0 Å². The number of aliphatic hydroxyl groups is 2. The number of oxime groups is 1. The number of nitrogens with zero attached hydrogens (tertiary/aromatic N) is 2. The molecule has 0 radical (unpaired) electrons. The number of benzene rings is 2. The fourth-order valence-electron chi connectivity index (χ4n) is 8.19. The van der Waals surface area contributed by atoms with Gasteiger partial charge in [-0.1, -0.05) is 51.1 Å². The number of carbonyl (C=O) groups excluding carboxylic acids is 3. The normalized spacial score (nSPS) is 31.4. The number of Topliss-reactive ketones (excluding diaryl/α,β-unsaturated/α-hetero) is 1. The largest absolute Gasteiger partial charge is 0.507 e. The summed E-state index contributed by atoms with van der Waals surface area (Å²) in [6.45, 7) is 15.2. The van der Waals surface area contributed by atoms with Crippen molar-refractivity contribution in [2.45, 2.75) is 98.4 Å². The molecule has 9 unspecified atom stereocenters. The lowest BCUT2D eigenvalue weighted by molar-refractivity contribution is -0.160. The molecule has 4 aliphatic rings. The summed E-state index contributed by atoms with van der Waals surface area (Å²) in [6.07, 6.45) is 6.78. The van der Waals surface area contributed by atoms with Crippen molar-refractivity contribution < 1.29 is 63.7 Å². The fraction of sp³-hybridized carbons (Fsp3) is 0.545. The van der Waals surface area contributed by atoms with E-state index in [1.54, 1.807) is 39.8 Å². The molecule has 5 bridgehead atoms. The second-order valence-corrected chi connectivity index (χ2v) is 16.2. The lowest BCUT2D eigenvalue weighted by Crippen LogP contribution is -2.46. The number of methoxy groups -OCH3 is 1. The Morgan fingerprint density at radius 3 is 2.32 bits per heavy atom. The quantitative estimate of drug-likeness (QED) is 0.0527. The standard InChI is InChI=1S/C44H59N3O13/c1-22-13-12-14-23(2)43(55)46-34-29(21-45-58-20-18-47-16-10-11-17-47)38(52)31-32(39(34)53)37(51)27(6)41-33(31)42(54)44(8,60-41)57-19-15-30(56-9)24(3)40(59-28(7)48)26(5)36(50)25(4)35(22)49/h12-15,19,21-22,24-26,30,35-36,40,49-53H,10-11,16-18,20H2,1-9H3,(H,46,55)/b13-12+,19-15+,23-14+,45-21-. The first-order valence-electron chi connectivity index (χ1n) is 20.3. The van der Waals surface area contributed by atoms with Gasteiger partial charge in [0, 0.05) is 67.7 Å². The molecule has 6 N–H and O–H groups in total. The molecule has 0 aliphatic carbocycles. The fourth-order valence-corrected chi connectivity index (χ4v) is 8.19. The number of hydrogen-bond donors (Lipinski definition) is 6. The molecule has 16 nitrogen and oxygen atoms in total. The molecule has 2 aromatic rings. The Labute approximate surface area is 350 Å². The Bertz CT molecular complexity index is 2070. The van der Waals surface area contributed by atoms with E-state index in [0.29, 0.717) is 6.54 Å². The van der Waals surface area contributed by atoms with Crippen molar-refractivity contribution in [3.05, 3.63) is 52.8 Å². The van der Waals surface area contributed by atoms with Crippen LogP contribution in [0.1, 0.15) is 82.8 Å². The third-order valence-electron chi connectivity index (χ3n) is 12.0. The van der Waals surface area contributed by atoms with Crippen LogP contribution in [0, 0.1) is 30.6 Å². The zero-order valence-electron chi connectivity index (χ0n) is 35.7. The van der Waals surface area contributed by atoms with E-state index in [-0.39, 0.29) is 51.1 Å². The minimum absolute atomic E-state index is 0.0400. The van der Waals surface area contributed by atoms with E-state index in [2.05, 4.69) is 15.4 Å². The first-order chi connectivity index (χ1) is 28.3. The maximum atomic E-state index is 14.4. The molecule has 4 heterocycles. The van der Waals surface area contributed by atoms with Gasteiger partial charge >= 0.3 is 11.8 Å². The van der Waals surface area contributed by atoms with Gasteiger partial charge in [-0.3, -0.25) is 19.3 Å². The summed E-state index contributed by atoms with van der Waals surface area (Å²) < 4.78 is 23.6. The van der Waals surface area contributed by atoms with Crippen molar-refractivity contribution >= 4 is 40.3 Å².